The van der Waals surface area contributed by atoms with E-state index in [1.165, 1.54) is 18.5 Å². The molecule has 2 aromatic rings. The summed E-state index contributed by atoms with van der Waals surface area (Å²) < 4.78 is 13.2. The Morgan fingerprint density at radius 2 is 1.95 bits per heavy atom. The number of halogens is 1. The fraction of sp³-hybridized carbons (Fsp3) is 0.214. The topological polar surface area (TPSA) is 64.7 Å². The number of hydrogen-bond acceptors (Lipinski definition) is 4. The Morgan fingerprint density at radius 3 is 2.60 bits per heavy atom. The van der Waals surface area contributed by atoms with Crippen molar-refractivity contribution >= 4 is 15.8 Å². The second kappa shape index (κ2) is 5.47. The molecule has 4 nitrogen and oxygen atoms in total. The zero-order valence-corrected chi connectivity index (χ0v) is 12.3. The number of nitrogens with two attached hydrogens (primary N) is 1. The van der Waals surface area contributed by atoms with Crippen molar-refractivity contribution in [1.29, 1.82) is 0 Å². The van der Waals surface area contributed by atoms with E-state index in [0.717, 1.165) is 6.20 Å². The van der Waals surface area contributed by atoms with Crippen LogP contribution in [0.4, 0.5) is 10.2 Å². The highest BCUT2D eigenvalue weighted by Crippen LogP contribution is 2.32. The first-order chi connectivity index (χ1) is 9.35. The average molecular weight is 290 g/mol. The van der Waals surface area contributed by atoms with Crippen molar-refractivity contribution < 1.29 is 4.39 Å². The first-order valence-corrected chi connectivity index (χ1v) is 8.65. The van der Waals surface area contributed by atoms with Crippen molar-refractivity contribution in [3.63, 3.8) is 0 Å². The van der Waals surface area contributed by atoms with Gasteiger partial charge in [0.05, 0.1) is 18.1 Å². The van der Waals surface area contributed by atoms with Crippen molar-refractivity contribution in [3.8, 4) is 22.4 Å². The zero-order valence-electron chi connectivity index (χ0n) is 11.5. The molecule has 0 bridgehead atoms. The third-order valence-corrected chi connectivity index (χ3v) is 2.99. The molecule has 2 rings (SSSR count). The van der Waals surface area contributed by atoms with Gasteiger partial charge in [-0.3, -0.25) is 4.98 Å². The van der Waals surface area contributed by atoms with E-state index in [0.29, 0.717) is 17.0 Å². The largest absolute Gasteiger partial charge is 0.381 e. The smallest absolute Gasteiger partial charge is 0.158 e. The molecule has 0 aliphatic heterocycles. The lowest BCUT2D eigenvalue weighted by molar-refractivity contribution is 0.622. The lowest BCUT2D eigenvalue weighted by Gasteiger charge is -2.14. The van der Waals surface area contributed by atoms with Gasteiger partial charge < -0.3 is 5.73 Å². The van der Waals surface area contributed by atoms with Gasteiger partial charge in [0.2, 0.25) is 0 Å². The summed E-state index contributed by atoms with van der Waals surface area (Å²) in [6.07, 6.45) is 10.4. The average Bonchev–Trinajstić information content (AvgIpc) is 2.37. The van der Waals surface area contributed by atoms with Crippen LogP contribution in [0.1, 0.15) is 5.69 Å². The van der Waals surface area contributed by atoms with Crippen LogP contribution >= 0.6 is 10.0 Å². The Balaban J connectivity index is 2.45. The molecule has 0 saturated heterocycles. The molecule has 0 aliphatic carbocycles. The van der Waals surface area contributed by atoms with E-state index in [9.17, 15) is 4.39 Å². The highest BCUT2D eigenvalue weighted by atomic mass is 32.3. The Bertz CT molecular complexity index is 698. The minimum atomic E-state index is -0.980. The molecule has 0 amide bonds. The van der Waals surface area contributed by atoms with E-state index in [1.54, 1.807) is 0 Å². The molecule has 0 aromatic carbocycles. The van der Waals surface area contributed by atoms with Crippen molar-refractivity contribution in [2.45, 2.75) is 0 Å². The molecular formula is C14H15FN4S. The molecule has 0 unspecified atom stereocenters. The van der Waals surface area contributed by atoms with Crippen LogP contribution in [0.25, 0.3) is 11.3 Å². The summed E-state index contributed by atoms with van der Waals surface area (Å²) >= 11 is 0. The highest BCUT2D eigenvalue weighted by Gasteiger charge is 2.07. The highest BCUT2D eigenvalue weighted by molar-refractivity contribution is 8.35. The summed E-state index contributed by atoms with van der Waals surface area (Å²) in [6.45, 7) is 0. The van der Waals surface area contributed by atoms with E-state index < -0.39 is 15.8 Å². The number of rotatable bonds is 1. The summed E-state index contributed by atoms with van der Waals surface area (Å²) in [4.78, 5) is 12.2. The Kier molecular flexibility index (Phi) is 3.91. The molecule has 0 atom stereocenters. The molecule has 0 saturated carbocycles. The van der Waals surface area contributed by atoms with Gasteiger partial charge in [-0.2, -0.15) is 10.0 Å². The van der Waals surface area contributed by atoms with Crippen LogP contribution in [-0.2, 0) is 0 Å². The van der Waals surface area contributed by atoms with Crippen LogP contribution in [0, 0.1) is 17.0 Å². The van der Waals surface area contributed by atoms with E-state index in [2.05, 4.69) is 44.9 Å². The van der Waals surface area contributed by atoms with Crippen LogP contribution in [0.5, 0.6) is 0 Å². The first-order valence-electron chi connectivity index (χ1n) is 5.80. The maximum absolute atomic E-state index is 13.2. The monoisotopic (exact) mass is 290 g/mol. The summed E-state index contributed by atoms with van der Waals surface area (Å²) in [7, 11) is -0.980. The Hall–Kier alpha value is -2.13. The number of anilines is 1. The van der Waals surface area contributed by atoms with Crippen LogP contribution in [0.15, 0.2) is 24.7 Å². The minimum Gasteiger partial charge on any atom is -0.381 e. The van der Waals surface area contributed by atoms with Crippen molar-refractivity contribution in [2.75, 3.05) is 24.5 Å². The van der Waals surface area contributed by atoms with E-state index in [1.807, 2.05) is 0 Å². The minimum absolute atomic E-state index is 0.272. The molecule has 0 radical (unpaired) electrons. The number of pyridine rings is 1. The molecule has 0 spiro atoms. The van der Waals surface area contributed by atoms with Crippen LogP contribution < -0.4 is 5.73 Å². The van der Waals surface area contributed by atoms with Gasteiger partial charge in [-0.25, -0.2) is 14.4 Å². The predicted octanol–water partition coefficient (Wildman–Crippen LogP) is 2.26. The van der Waals surface area contributed by atoms with Gasteiger partial charge in [0.1, 0.15) is 5.82 Å². The fourth-order valence-corrected chi connectivity index (χ4v) is 1.79. The van der Waals surface area contributed by atoms with Crippen molar-refractivity contribution in [2.24, 2.45) is 0 Å². The summed E-state index contributed by atoms with van der Waals surface area (Å²) in [5, 5.41) is 3.13. The lowest BCUT2D eigenvalue weighted by Crippen LogP contribution is -2.00. The van der Waals surface area contributed by atoms with Crippen molar-refractivity contribution in [1.82, 2.24) is 15.0 Å². The molecule has 6 heteroatoms. The van der Waals surface area contributed by atoms with Gasteiger partial charge in [0.15, 0.2) is 11.5 Å². The van der Waals surface area contributed by atoms with Gasteiger partial charge in [0.25, 0.3) is 0 Å². The molecule has 2 N–H and O–H groups in total. The summed E-state index contributed by atoms with van der Waals surface area (Å²) in [5.74, 6) is 2.80. The number of aromatic nitrogens is 3. The summed E-state index contributed by atoms with van der Waals surface area (Å²) in [5.41, 5.74) is 7.23. The fourth-order valence-electron chi connectivity index (χ4n) is 1.38. The molecule has 0 aliphatic rings. The van der Waals surface area contributed by atoms with Gasteiger partial charge in [0, 0.05) is 11.8 Å². The third kappa shape index (κ3) is 3.68. The molecule has 2 heterocycles. The number of nitrogen functional groups attached to an aromatic ring is 1. The van der Waals surface area contributed by atoms with E-state index >= 15 is 0 Å². The predicted molar refractivity (Wildman–Crippen MR) is 81.9 cm³/mol. The van der Waals surface area contributed by atoms with Gasteiger partial charge >= 0.3 is 0 Å². The standard InChI is InChI=1S/C14H15FN4S/c1-20(2,3)5-4-12-14(16)18-9-13(19-12)10-6-11(15)8-17-7-10/h6-9H,1-3H3,(H2,16,18). The summed E-state index contributed by atoms with van der Waals surface area (Å²) in [6, 6.07) is 1.35. The molecular weight excluding hydrogens is 275 g/mol. The first kappa shape index (κ1) is 14.3. The Labute approximate surface area is 119 Å². The van der Waals surface area contributed by atoms with Crippen LogP contribution in [-0.4, -0.2) is 33.7 Å². The number of nitrogens with zero attached hydrogens (tertiary/aromatic N) is 3. The van der Waals surface area contributed by atoms with Gasteiger partial charge in [-0.05, 0) is 36.0 Å². The Morgan fingerprint density at radius 1 is 1.20 bits per heavy atom. The third-order valence-electron chi connectivity index (χ3n) is 2.28. The maximum Gasteiger partial charge on any atom is 0.158 e. The molecule has 0 fully saturated rings. The quantitative estimate of drug-likeness (QED) is 0.818. The molecule has 20 heavy (non-hydrogen) atoms. The van der Waals surface area contributed by atoms with Crippen LogP contribution in [0.3, 0.4) is 0 Å². The SMILES string of the molecule is CS(C)(C)C#Cc1nc(-c2cncc(F)c2)cnc1N. The van der Waals surface area contributed by atoms with Gasteiger partial charge in [-0.15, -0.1) is 0 Å². The van der Waals surface area contributed by atoms with Crippen molar-refractivity contribution in [3.05, 3.63) is 36.2 Å². The van der Waals surface area contributed by atoms with E-state index in [-0.39, 0.29) is 5.82 Å². The second-order valence-corrected chi connectivity index (χ2v) is 8.82. The van der Waals surface area contributed by atoms with Gasteiger partial charge in [-0.1, -0.05) is 0 Å². The zero-order chi connectivity index (χ0) is 14.8. The van der Waals surface area contributed by atoms with Crippen LogP contribution in [0.2, 0.25) is 0 Å². The van der Waals surface area contributed by atoms with E-state index in [4.69, 9.17) is 5.73 Å². The normalized spacial score (nSPS) is 11.6. The lowest BCUT2D eigenvalue weighted by atomic mass is 10.2. The molecule has 104 valence electrons. The second-order valence-electron chi connectivity index (χ2n) is 4.95. The molecule has 2 aromatic heterocycles. The maximum atomic E-state index is 13.2. The number of hydrogen-bond donors (Lipinski definition) is 1.